The number of hydrogen-bond donors (Lipinski definition) is 1. The second-order valence-corrected chi connectivity index (χ2v) is 3.42. The molecular weight excluding hydrogens is 174 g/mol. The Morgan fingerprint density at radius 3 is 2.79 bits per heavy atom. The largest absolute Gasteiger partial charge is 0.304 e. The number of hydrogen-bond acceptors (Lipinski definition) is 2. The second kappa shape index (κ2) is 5.58. The fraction of sp³-hybridized carbons (Fsp3) is 0.333. The van der Waals surface area contributed by atoms with E-state index < -0.39 is 0 Å². The summed E-state index contributed by atoms with van der Waals surface area (Å²) in [6.45, 7) is 4.79. The quantitative estimate of drug-likeness (QED) is 0.586. The second-order valence-electron chi connectivity index (χ2n) is 3.42. The highest BCUT2D eigenvalue weighted by atomic mass is 16.6. The normalized spacial score (nSPS) is 11.1. The number of benzene rings is 1. The van der Waals surface area contributed by atoms with Gasteiger partial charge in [-0.3, -0.25) is 0 Å². The van der Waals surface area contributed by atoms with Gasteiger partial charge in [0, 0.05) is 0 Å². The molecule has 2 N–H and O–H groups in total. The van der Waals surface area contributed by atoms with Gasteiger partial charge in [-0.05, 0) is 31.4 Å². The summed E-state index contributed by atoms with van der Waals surface area (Å²) in [5, 5.41) is 0. The Hall–Kier alpha value is -1.12. The molecule has 0 aliphatic heterocycles. The molecule has 0 bridgehead atoms. The summed E-state index contributed by atoms with van der Waals surface area (Å²) in [4.78, 5) is 4.48. The lowest BCUT2D eigenvalue weighted by molar-refractivity contribution is 0.143. The maximum atomic E-state index is 4.92. The van der Waals surface area contributed by atoms with Crippen LogP contribution in [0.15, 0.2) is 24.3 Å². The number of rotatable bonds is 4. The zero-order valence-corrected chi connectivity index (χ0v) is 8.79. The summed E-state index contributed by atoms with van der Waals surface area (Å²) in [6, 6.07) is 6.43. The van der Waals surface area contributed by atoms with Crippen LogP contribution in [0.4, 0.5) is 0 Å². The van der Waals surface area contributed by atoms with Gasteiger partial charge in [-0.15, -0.1) is 0 Å². The zero-order valence-electron chi connectivity index (χ0n) is 8.79. The highest BCUT2D eigenvalue weighted by molar-refractivity contribution is 5.54. The van der Waals surface area contributed by atoms with Crippen molar-refractivity contribution in [2.24, 2.45) is 5.90 Å². The predicted octanol–water partition coefficient (Wildman–Crippen LogP) is 2.60. The molecule has 76 valence electrons. The smallest absolute Gasteiger partial charge is 0.0713 e. The predicted molar refractivity (Wildman–Crippen MR) is 59.7 cm³/mol. The molecule has 2 heteroatoms. The topological polar surface area (TPSA) is 35.2 Å². The fourth-order valence-corrected chi connectivity index (χ4v) is 1.36. The molecule has 1 aromatic rings. The molecule has 0 aliphatic carbocycles. The van der Waals surface area contributed by atoms with E-state index in [1.807, 2.05) is 0 Å². The van der Waals surface area contributed by atoms with Crippen LogP contribution >= 0.6 is 0 Å². The molecule has 14 heavy (non-hydrogen) atoms. The first kappa shape index (κ1) is 11.0. The summed E-state index contributed by atoms with van der Waals surface area (Å²) in [7, 11) is 0. The lowest BCUT2D eigenvalue weighted by atomic mass is 10.1. The third-order valence-electron chi connectivity index (χ3n) is 2.13. The van der Waals surface area contributed by atoms with Crippen LogP contribution in [0.1, 0.15) is 23.1 Å². The standard InChI is InChI=1S/C12H17NO/c1-10-6-7-12(11(2)9-10)5-3-4-8-14-13/h3,5-7,9H,4,8,13H2,1-2H3/b5-3+. The summed E-state index contributed by atoms with van der Waals surface area (Å²) >= 11 is 0. The van der Waals surface area contributed by atoms with Gasteiger partial charge in [0.15, 0.2) is 0 Å². The van der Waals surface area contributed by atoms with Crippen LogP contribution in [-0.2, 0) is 4.84 Å². The number of nitrogens with two attached hydrogens (primary N) is 1. The van der Waals surface area contributed by atoms with Gasteiger partial charge in [0.2, 0.25) is 0 Å². The molecule has 0 spiro atoms. The Morgan fingerprint density at radius 2 is 2.14 bits per heavy atom. The first-order valence-electron chi connectivity index (χ1n) is 4.79. The van der Waals surface area contributed by atoms with E-state index in [0.29, 0.717) is 6.61 Å². The van der Waals surface area contributed by atoms with Crippen LogP contribution in [-0.4, -0.2) is 6.61 Å². The molecular formula is C12H17NO. The SMILES string of the molecule is Cc1ccc(/C=C/CCON)c(C)c1. The maximum Gasteiger partial charge on any atom is 0.0713 e. The molecule has 0 radical (unpaired) electrons. The van der Waals surface area contributed by atoms with Gasteiger partial charge in [0.1, 0.15) is 0 Å². The van der Waals surface area contributed by atoms with Crippen LogP contribution in [0.2, 0.25) is 0 Å². The third-order valence-corrected chi connectivity index (χ3v) is 2.13. The van der Waals surface area contributed by atoms with Crippen LogP contribution in [0.3, 0.4) is 0 Å². The molecule has 2 nitrogen and oxygen atoms in total. The van der Waals surface area contributed by atoms with Crippen LogP contribution in [0, 0.1) is 13.8 Å². The summed E-state index contributed by atoms with van der Waals surface area (Å²) in [6.07, 6.45) is 5.03. The minimum atomic E-state index is 0.571. The van der Waals surface area contributed by atoms with Crippen molar-refractivity contribution < 1.29 is 4.84 Å². The first-order valence-corrected chi connectivity index (χ1v) is 4.79. The van der Waals surface area contributed by atoms with Crippen molar-refractivity contribution in [3.05, 3.63) is 41.0 Å². The van der Waals surface area contributed by atoms with Gasteiger partial charge >= 0.3 is 0 Å². The zero-order chi connectivity index (χ0) is 10.4. The maximum absolute atomic E-state index is 4.92. The van der Waals surface area contributed by atoms with Gasteiger partial charge in [-0.2, -0.15) is 0 Å². The van der Waals surface area contributed by atoms with Crippen molar-refractivity contribution in [2.45, 2.75) is 20.3 Å². The summed E-state index contributed by atoms with van der Waals surface area (Å²) in [5.41, 5.74) is 3.85. The van der Waals surface area contributed by atoms with E-state index in [1.165, 1.54) is 16.7 Å². The minimum Gasteiger partial charge on any atom is -0.304 e. The number of aryl methyl sites for hydroxylation is 2. The molecule has 0 saturated carbocycles. The minimum absolute atomic E-state index is 0.571. The summed E-state index contributed by atoms with van der Waals surface area (Å²) < 4.78 is 0. The van der Waals surface area contributed by atoms with Crippen molar-refractivity contribution >= 4 is 6.08 Å². The Morgan fingerprint density at radius 1 is 1.36 bits per heavy atom. The average molecular weight is 191 g/mol. The van der Waals surface area contributed by atoms with Gasteiger partial charge < -0.3 is 4.84 Å². The molecule has 0 fully saturated rings. The Bertz CT molecular complexity index is 318. The van der Waals surface area contributed by atoms with E-state index in [-0.39, 0.29) is 0 Å². The van der Waals surface area contributed by atoms with Gasteiger partial charge in [0.05, 0.1) is 6.61 Å². The molecule has 0 aromatic heterocycles. The van der Waals surface area contributed by atoms with Gasteiger partial charge in [0.25, 0.3) is 0 Å². The molecule has 1 aromatic carbocycles. The Labute approximate surface area is 85.3 Å². The van der Waals surface area contributed by atoms with E-state index in [0.717, 1.165) is 6.42 Å². The van der Waals surface area contributed by atoms with Gasteiger partial charge in [-0.1, -0.05) is 35.9 Å². The molecule has 0 heterocycles. The molecule has 0 atom stereocenters. The first-order chi connectivity index (χ1) is 6.74. The monoisotopic (exact) mass is 191 g/mol. The van der Waals surface area contributed by atoms with E-state index in [4.69, 9.17) is 5.90 Å². The van der Waals surface area contributed by atoms with Crippen LogP contribution < -0.4 is 5.90 Å². The molecule has 0 saturated heterocycles. The van der Waals surface area contributed by atoms with E-state index >= 15 is 0 Å². The van der Waals surface area contributed by atoms with Crippen LogP contribution in [0.5, 0.6) is 0 Å². The molecule has 0 aliphatic rings. The third kappa shape index (κ3) is 3.32. The lowest BCUT2D eigenvalue weighted by Gasteiger charge is -2.01. The Balaban J connectivity index is 2.62. The molecule has 0 amide bonds. The van der Waals surface area contributed by atoms with Crippen molar-refractivity contribution in [2.75, 3.05) is 6.61 Å². The van der Waals surface area contributed by atoms with E-state index in [9.17, 15) is 0 Å². The summed E-state index contributed by atoms with van der Waals surface area (Å²) in [5.74, 6) is 4.92. The lowest BCUT2D eigenvalue weighted by Crippen LogP contribution is -1.98. The molecule has 0 unspecified atom stereocenters. The average Bonchev–Trinajstić information content (AvgIpc) is 2.15. The fourth-order valence-electron chi connectivity index (χ4n) is 1.36. The highest BCUT2D eigenvalue weighted by Gasteiger charge is 1.93. The van der Waals surface area contributed by atoms with E-state index in [2.05, 4.69) is 49.0 Å². The van der Waals surface area contributed by atoms with Crippen LogP contribution in [0.25, 0.3) is 6.08 Å². The van der Waals surface area contributed by atoms with Crippen molar-refractivity contribution in [1.29, 1.82) is 0 Å². The Kier molecular flexibility index (Phi) is 4.36. The van der Waals surface area contributed by atoms with Gasteiger partial charge in [-0.25, -0.2) is 5.90 Å². The van der Waals surface area contributed by atoms with Crippen molar-refractivity contribution in [3.63, 3.8) is 0 Å². The van der Waals surface area contributed by atoms with Crippen molar-refractivity contribution in [1.82, 2.24) is 0 Å². The van der Waals surface area contributed by atoms with E-state index in [1.54, 1.807) is 0 Å². The van der Waals surface area contributed by atoms with Crippen molar-refractivity contribution in [3.8, 4) is 0 Å². The highest BCUT2D eigenvalue weighted by Crippen LogP contribution is 2.12. The molecule has 1 rings (SSSR count).